The first-order valence-electron chi connectivity index (χ1n) is 5.79. The number of anilines is 1. The molecule has 0 aliphatic carbocycles. The molecule has 110 valence electrons. The number of aromatic nitrogens is 1. The molecule has 6 nitrogen and oxygen atoms in total. The molecule has 0 aliphatic heterocycles. The highest BCUT2D eigenvalue weighted by Crippen LogP contribution is 2.17. The van der Waals surface area contributed by atoms with Gasteiger partial charge in [0.15, 0.2) is 5.69 Å². The first kappa shape index (κ1) is 14.9. The predicted molar refractivity (Wildman–Crippen MR) is 73.1 cm³/mol. The number of halogens is 1. The minimum atomic E-state index is -4.04. The van der Waals surface area contributed by atoms with Gasteiger partial charge in [-0.2, -0.15) is 0 Å². The van der Waals surface area contributed by atoms with E-state index in [2.05, 4.69) is 9.71 Å². The minimum Gasteiger partial charge on any atom is -0.477 e. The molecular formula is C13H11FN2O4S. The molecule has 2 aromatic rings. The second-order valence-corrected chi connectivity index (χ2v) is 5.91. The van der Waals surface area contributed by atoms with Crippen molar-refractivity contribution in [3.63, 3.8) is 0 Å². The Morgan fingerprint density at radius 3 is 2.62 bits per heavy atom. The van der Waals surface area contributed by atoms with Gasteiger partial charge in [-0.1, -0.05) is 12.1 Å². The van der Waals surface area contributed by atoms with E-state index in [1.54, 1.807) is 0 Å². The molecule has 0 radical (unpaired) electrons. The Bertz CT molecular complexity index is 806. The van der Waals surface area contributed by atoms with Crippen LogP contribution in [0.5, 0.6) is 0 Å². The average Bonchev–Trinajstić information content (AvgIpc) is 2.41. The fraction of sp³-hybridized carbons (Fsp3) is 0.0769. The van der Waals surface area contributed by atoms with Gasteiger partial charge in [0.2, 0.25) is 0 Å². The zero-order valence-electron chi connectivity index (χ0n) is 10.9. The van der Waals surface area contributed by atoms with Crippen molar-refractivity contribution in [1.82, 2.24) is 4.98 Å². The largest absolute Gasteiger partial charge is 0.477 e. The first-order valence-corrected chi connectivity index (χ1v) is 7.27. The average molecular weight is 310 g/mol. The molecule has 0 unspecified atom stereocenters. The molecule has 0 spiro atoms. The standard InChI is InChI=1S/C13H11FN2O4S/c1-8-5-6-9(7-10(8)14)21(19,20)16-12-4-2-3-11(15-12)13(17)18/h2-7H,1H3,(H,15,16)(H,17,18). The van der Waals surface area contributed by atoms with Gasteiger partial charge in [-0.25, -0.2) is 22.6 Å². The van der Waals surface area contributed by atoms with Gasteiger partial charge in [0.25, 0.3) is 10.0 Å². The lowest BCUT2D eigenvalue weighted by atomic mass is 10.2. The summed E-state index contributed by atoms with van der Waals surface area (Å²) in [5, 5.41) is 8.80. The third-order valence-corrected chi connectivity index (χ3v) is 4.01. The number of benzene rings is 1. The number of carboxylic acids is 1. The Labute approximate surface area is 120 Å². The minimum absolute atomic E-state index is 0.157. The first-order chi connectivity index (χ1) is 9.79. The van der Waals surface area contributed by atoms with Crippen LogP contribution in [0.15, 0.2) is 41.3 Å². The highest BCUT2D eigenvalue weighted by molar-refractivity contribution is 7.92. The molecule has 1 aromatic carbocycles. The lowest BCUT2D eigenvalue weighted by Crippen LogP contribution is -2.15. The van der Waals surface area contributed by atoms with Crippen molar-refractivity contribution in [2.75, 3.05) is 4.72 Å². The van der Waals surface area contributed by atoms with Gasteiger partial charge in [0.05, 0.1) is 4.90 Å². The summed E-state index contributed by atoms with van der Waals surface area (Å²) in [6, 6.07) is 7.36. The summed E-state index contributed by atoms with van der Waals surface area (Å²) in [5.41, 5.74) is 0.0187. The predicted octanol–water partition coefficient (Wildman–Crippen LogP) is 2.03. The summed E-state index contributed by atoms with van der Waals surface area (Å²) in [7, 11) is -4.04. The number of sulfonamides is 1. The van der Waals surface area contributed by atoms with E-state index in [0.29, 0.717) is 5.56 Å². The number of nitrogens with zero attached hydrogens (tertiary/aromatic N) is 1. The zero-order valence-corrected chi connectivity index (χ0v) is 11.7. The molecule has 0 aliphatic rings. The van der Waals surface area contributed by atoms with Crippen LogP contribution in [0.2, 0.25) is 0 Å². The Morgan fingerprint density at radius 1 is 1.29 bits per heavy atom. The van der Waals surface area contributed by atoms with Crippen LogP contribution >= 0.6 is 0 Å². The second kappa shape index (κ2) is 5.49. The van der Waals surface area contributed by atoms with Crippen LogP contribution in [0.1, 0.15) is 16.1 Å². The van der Waals surface area contributed by atoms with Crippen LogP contribution in [0.25, 0.3) is 0 Å². The molecule has 8 heteroatoms. The number of carboxylic acid groups (broad SMARTS) is 1. The molecule has 1 heterocycles. The van der Waals surface area contributed by atoms with Crippen LogP contribution in [-0.4, -0.2) is 24.5 Å². The maximum Gasteiger partial charge on any atom is 0.354 e. The second-order valence-electron chi connectivity index (χ2n) is 4.23. The number of hydrogen-bond acceptors (Lipinski definition) is 4. The van der Waals surface area contributed by atoms with Gasteiger partial charge in [0, 0.05) is 0 Å². The molecule has 0 saturated heterocycles. The number of hydrogen-bond donors (Lipinski definition) is 2. The SMILES string of the molecule is Cc1ccc(S(=O)(=O)Nc2cccc(C(=O)O)n2)cc1F. The van der Waals surface area contributed by atoms with E-state index < -0.39 is 21.8 Å². The van der Waals surface area contributed by atoms with Crippen LogP contribution in [0.4, 0.5) is 10.2 Å². The summed E-state index contributed by atoms with van der Waals surface area (Å²) < 4.78 is 39.7. The van der Waals surface area contributed by atoms with Crippen LogP contribution in [0.3, 0.4) is 0 Å². The van der Waals surface area contributed by atoms with Crippen molar-refractivity contribution in [2.24, 2.45) is 0 Å². The third-order valence-electron chi connectivity index (χ3n) is 2.66. The Hall–Kier alpha value is -2.48. The number of carbonyl (C=O) groups is 1. The van der Waals surface area contributed by atoms with Crippen molar-refractivity contribution in [3.05, 3.63) is 53.5 Å². The highest BCUT2D eigenvalue weighted by Gasteiger charge is 2.17. The van der Waals surface area contributed by atoms with Crippen molar-refractivity contribution in [1.29, 1.82) is 0 Å². The lowest BCUT2D eigenvalue weighted by Gasteiger charge is -2.08. The molecule has 0 saturated carbocycles. The third kappa shape index (κ3) is 3.34. The van der Waals surface area contributed by atoms with Crippen molar-refractivity contribution < 1.29 is 22.7 Å². The summed E-state index contributed by atoms with van der Waals surface area (Å²) in [6.45, 7) is 1.51. The number of nitrogens with one attached hydrogen (secondary N) is 1. The lowest BCUT2D eigenvalue weighted by molar-refractivity contribution is 0.0690. The van der Waals surface area contributed by atoms with E-state index >= 15 is 0 Å². The molecule has 0 amide bonds. The summed E-state index contributed by atoms with van der Waals surface area (Å²) in [6.07, 6.45) is 0. The van der Waals surface area contributed by atoms with E-state index in [1.807, 2.05) is 0 Å². The highest BCUT2D eigenvalue weighted by atomic mass is 32.2. The maximum absolute atomic E-state index is 13.4. The summed E-state index contributed by atoms with van der Waals surface area (Å²) in [5.74, 6) is -2.08. The fourth-order valence-corrected chi connectivity index (χ4v) is 2.56. The van der Waals surface area contributed by atoms with E-state index in [4.69, 9.17) is 5.11 Å². The van der Waals surface area contributed by atoms with Crippen LogP contribution in [-0.2, 0) is 10.0 Å². The zero-order chi connectivity index (χ0) is 15.6. The summed E-state index contributed by atoms with van der Waals surface area (Å²) in [4.78, 5) is 14.2. The number of rotatable bonds is 4. The summed E-state index contributed by atoms with van der Waals surface area (Å²) >= 11 is 0. The molecule has 2 rings (SSSR count). The molecule has 0 bridgehead atoms. The van der Waals surface area contributed by atoms with Gasteiger partial charge in [-0.3, -0.25) is 4.72 Å². The van der Waals surface area contributed by atoms with Crippen molar-refractivity contribution >= 4 is 21.8 Å². The molecule has 0 atom stereocenters. The Balaban J connectivity index is 2.35. The Morgan fingerprint density at radius 2 is 2.00 bits per heavy atom. The normalized spacial score (nSPS) is 11.1. The topological polar surface area (TPSA) is 96.4 Å². The smallest absolute Gasteiger partial charge is 0.354 e. The molecule has 1 aromatic heterocycles. The van der Waals surface area contributed by atoms with E-state index in [-0.39, 0.29) is 16.4 Å². The fourth-order valence-electron chi connectivity index (χ4n) is 1.55. The van der Waals surface area contributed by atoms with E-state index in [0.717, 1.165) is 6.07 Å². The van der Waals surface area contributed by atoms with Gasteiger partial charge in [-0.05, 0) is 36.8 Å². The Kier molecular flexibility index (Phi) is 3.90. The number of pyridine rings is 1. The van der Waals surface area contributed by atoms with Crippen molar-refractivity contribution in [3.8, 4) is 0 Å². The molecule has 0 fully saturated rings. The van der Waals surface area contributed by atoms with E-state index in [1.165, 1.54) is 37.3 Å². The van der Waals surface area contributed by atoms with Gasteiger partial charge in [0.1, 0.15) is 11.6 Å². The number of aryl methyl sites for hydroxylation is 1. The monoisotopic (exact) mass is 310 g/mol. The quantitative estimate of drug-likeness (QED) is 0.900. The number of aromatic carboxylic acids is 1. The van der Waals surface area contributed by atoms with E-state index in [9.17, 15) is 17.6 Å². The molecule has 2 N–H and O–H groups in total. The molecule has 21 heavy (non-hydrogen) atoms. The van der Waals surface area contributed by atoms with Crippen molar-refractivity contribution in [2.45, 2.75) is 11.8 Å². The maximum atomic E-state index is 13.4. The molecular weight excluding hydrogens is 299 g/mol. The van der Waals surface area contributed by atoms with Gasteiger partial charge in [-0.15, -0.1) is 0 Å². The van der Waals surface area contributed by atoms with Crippen LogP contribution < -0.4 is 4.72 Å². The van der Waals surface area contributed by atoms with Gasteiger partial charge < -0.3 is 5.11 Å². The van der Waals surface area contributed by atoms with Crippen LogP contribution in [0, 0.1) is 12.7 Å². The van der Waals surface area contributed by atoms with Gasteiger partial charge >= 0.3 is 5.97 Å².